The van der Waals surface area contributed by atoms with Crippen molar-refractivity contribution in [2.45, 2.75) is 51.1 Å². The van der Waals surface area contributed by atoms with Gasteiger partial charge in [-0.1, -0.05) is 19.8 Å². The first kappa shape index (κ1) is 16.8. The van der Waals surface area contributed by atoms with Gasteiger partial charge in [-0.25, -0.2) is 9.97 Å². The van der Waals surface area contributed by atoms with Gasteiger partial charge in [0.2, 0.25) is 5.91 Å². The molecule has 1 atom stereocenters. The summed E-state index contributed by atoms with van der Waals surface area (Å²) in [6, 6.07) is 3.70. The molecule has 1 aliphatic carbocycles. The Labute approximate surface area is 153 Å². The average molecular weight is 352 g/mol. The van der Waals surface area contributed by atoms with E-state index >= 15 is 0 Å². The van der Waals surface area contributed by atoms with Crippen LogP contribution < -0.4 is 15.5 Å². The Morgan fingerprint density at radius 3 is 2.73 bits per heavy atom. The van der Waals surface area contributed by atoms with Gasteiger partial charge in [-0.2, -0.15) is 0 Å². The van der Waals surface area contributed by atoms with Crippen molar-refractivity contribution in [3.63, 3.8) is 0 Å². The number of rotatable bonds is 3. The van der Waals surface area contributed by atoms with Crippen LogP contribution in [0.2, 0.25) is 0 Å². The minimum Gasteiger partial charge on any atom is -0.399 e. The quantitative estimate of drug-likeness (QED) is 0.913. The van der Waals surface area contributed by atoms with Crippen LogP contribution in [-0.2, 0) is 4.79 Å². The second kappa shape index (κ2) is 6.55. The first-order valence-corrected chi connectivity index (χ1v) is 9.25. The predicted octanol–water partition coefficient (Wildman–Crippen LogP) is 2.62. The Balaban J connectivity index is 1.84. The second-order valence-corrected chi connectivity index (χ2v) is 7.04. The molecule has 3 heterocycles. The highest BCUT2D eigenvalue weighted by atomic mass is 16.2. The fourth-order valence-corrected chi connectivity index (χ4v) is 4.08. The molecule has 0 spiro atoms. The monoisotopic (exact) mass is 352 g/mol. The van der Waals surface area contributed by atoms with Crippen molar-refractivity contribution in [1.82, 2.24) is 15.0 Å². The summed E-state index contributed by atoms with van der Waals surface area (Å²) in [5, 5.41) is 0. The van der Waals surface area contributed by atoms with Gasteiger partial charge in [0.1, 0.15) is 17.4 Å². The smallest absolute Gasteiger partial charge is 0.249 e. The molecule has 0 aromatic carbocycles. The molecule has 4 rings (SSSR count). The summed E-state index contributed by atoms with van der Waals surface area (Å²) in [7, 11) is 1.80. The molecule has 26 heavy (non-hydrogen) atoms. The van der Waals surface area contributed by atoms with Crippen molar-refractivity contribution in [3.8, 4) is 11.5 Å². The number of nitrogens with zero attached hydrogens (tertiary/aromatic N) is 5. The third kappa shape index (κ3) is 2.67. The van der Waals surface area contributed by atoms with E-state index in [4.69, 9.17) is 10.7 Å². The Hall–Kier alpha value is -2.70. The van der Waals surface area contributed by atoms with Crippen LogP contribution in [0.1, 0.15) is 39.0 Å². The van der Waals surface area contributed by atoms with Gasteiger partial charge in [0.25, 0.3) is 0 Å². The lowest BCUT2D eigenvalue weighted by atomic mass is 10.0. The predicted molar refractivity (Wildman–Crippen MR) is 102 cm³/mol. The fourth-order valence-electron chi connectivity index (χ4n) is 4.08. The van der Waals surface area contributed by atoms with Gasteiger partial charge in [0.15, 0.2) is 11.6 Å². The van der Waals surface area contributed by atoms with E-state index in [-0.39, 0.29) is 11.9 Å². The molecular weight excluding hydrogens is 328 g/mol. The molecule has 1 saturated carbocycles. The molecule has 2 aliphatic rings. The van der Waals surface area contributed by atoms with Gasteiger partial charge >= 0.3 is 0 Å². The molecule has 2 N–H and O–H groups in total. The number of pyridine rings is 1. The third-order valence-electron chi connectivity index (χ3n) is 5.43. The molecule has 7 heteroatoms. The number of carbonyl (C=O) groups excluding carboxylic acids is 1. The summed E-state index contributed by atoms with van der Waals surface area (Å²) in [4.78, 5) is 30.4. The minimum atomic E-state index is -0.174. The second-order valence-electron chi connectivity index (χ2n) is 7.04. The number of nitrogen functional groups attached to an aromatic ring is 1. The Kier molecular flexibility index (Phi) is 4.22. The summed E-state index contributed by atoms with van der Waals surface area (Å²) in [6.07, 6.45) is 8.75. The highest BCUT2D eigenvalue weighted by molar-refractivity contribution is 6.04. The van der Waals surface area contributed by atoms with Gasteiger partial charge in [0, 0.05) is 25.0 Å². The molecule has 2 aromatic rings. The van der Waals surface area contributed by atoms with Crippen molar-refractivity contribution in [1.29, 1.82) is 0 Å². The summed E-state index contributed by atoms with van der Waals surface area (Å²) in [5.41, 5.74) is 7.92. The Bertz CT molecular complexity index is 833. The first-order chi connectivity index (χ1) is 12.6. The lowest BCUT2D eigenvalue weighted by Gasteiger charge is -2.43. The molecule has 136 valence electrons. The molecule has 0 saturated heterocycles. The number of aromatic nitrogens is 3. The van der Waals surface area contributed by atoms with Gasteiger partial charge < -0.3 is 15.5 Å². The van der Waals surface area contributed by atoms with Crippen LogP contribution in [0, 0.1) is 0 Å². The number of anilines is 3. The van der Waals surface area contributed by atoms with E-state index in [0.717, 1.165) is 30.8 Å². The van der Waals surface area contributed by atoms with E-state index in [1.807, 2.05) is 0 Å². The maximum Gasteiger partial charge on any atom is 0.249 e. The maximum absolute atomic E-state index is 12.9. The maximum atomic E-state index is 12.9. The van der Waals surface area contributed by atoms with Crippen molar-refractivity contribution >= 4 is 23.1 Å². The van der Waals surface area contributed by atoms with Crippen molar-refractivity contribution in [2.24, 2.45) is 0 Å². The van der Waals surface area contributed by atoms with Crippen LogP contribution in [0.5, 0.6) is 0 Å². The molecule has 1 aliphatic heterocycles. The third-order valence-corrected chi connectivity index (χ3v) is 5.43. The average Bonchev–Trinajstić information content (AvgIpc) is 3.18. The highest BCUT2D eigenvalue weighted by Gasteiger charge is 2.41. The normalized spacial score (nSPS) is 20.5. The van der Waals surface area contributed by atoms with Crippen LogP contribution in [0.15, 0.2) is 24.5 Å². The van der Waals surface area contributed by atoms with Crippen molar-refractivity contribution < 1.29 is 4.79 Å². The number of hydrogen-bond donors (Lipinski definition) is 1. The van der Waals surface area contributed by atoms with Crippen molar-refractivity contribution in [2.75, 3.05) is 22.6 Å². The molecular formula is C19H24N6O. The molecule has 7 nitrogen and oxygen atoms in total. The summed E-state index contributed by atoms with van der Waals surface area (Å²) in [5.74, 6) is 1.49. The van der Waals surface area contributed by atoms with E-state index in [1.54, 1.807) is 36.5 Å². The zero-order chi connectivity index (χ0) is 18.3. The van der Waals surface area contributed by atoms with Gasteiger partial charge in [0.05, 0.1) is 6.20 Å². The molecule has 0 bridgehead atoms. The van der Waals surface area contributed by atoms with Gasteiger partial charge in [-0.3, -0.25) is 9.78 Å². The van der Waals surface area contributed by atoms with Crippen LogP contribution in [0.3, 0.4) is 0 Å². The first-order valence-electron chi connectivity index (χ1n) is 9.25. The molecule has 1 fully saturated rings. The van der Waals surface area contributed by atoms with Crippen LogP contribution in [0.25, 0.3) is 11.5 Å². The zero-order valence-electron chi connectivity index (χ0n) is 15.2. The lowest BCUT2D eigenvalue weighted by Crippen LogP contribution is -2.55. The van der Waals surface area contributed by atoms with Crippen LogP contribution >= 0.6 is 0 Å². The SMILES string of the molecule is CC[C@@H]1C(=O)N(C)c2cnc(-c3cc(N)ccn3)nc2N1C1CCCC1. The number of amides is 1. The zero-order valence-corrected chi connectivity index (χ0v) is 15.2. The fraction of sp³-hybridized carbons (Fsp3) is 0.474. The molecule has 2 aromatic heterocycles. The molecule has 1 amide bonds. The van der Waals surface area contributed by atoms with Gasteiger partial charge in [-0.05, 0) is 31.4 Å². The number of hydrogen-bond acceptors (Lipinski definition) is 6. The van der Waals surface area contributed by atoms with E-state index in [2.05, 4.69) is 21.8 Å². The number of carbonyl (C=O) groups is 1. The van der Waals surface area contributed by atoms with Gasteiger partial charge in [-0.15, -0.1) is 0 Å². The van der Waals surface area contributed by atoms with Crippen LogP contribution in [-0.4, -0.2) is 40.0 Å². The Morgan fingerprint density at radius 1 is 1.27 bits per heavy atom. The number of likely N-dealkylation sites (N-methyl/N-ethyl adjacent to an activating group) is 1. The topological polar surface area (TPSA) is 88.2 Å². The minimum absolute atomic E-state index is 0.116. The van der Waals surface area contributed by atoms with E-state index < -0.39 is 0 Å². The van der Waals surface area contributed by atoms with Crippen LogP contribution in [0.4, 0.5) is 17.2 Å². The lowest BCUT2D eigenvalue weighted by molar-refractivity contribution is -0.120. The standard InChI is InChI=1S/C19H24N6O/c1-3-15-19(26)24(2)16-11-22-17(14-10-12(20)8-9-21-14)23-18(16)25(15)13-6-4-5-7-13/h8-11,13,15H,3-7H2,1-2H3,(H2,20,21)/t15-/m1/s1. The number of nitrogens with two attached hydrogens (primary N) is 1. The summed E-state index contributed by atoms with van der Waals surface area (Å²) >= 11 is 0. The molecule has 0 radical (unpaired) electrons. The summed E-state index contributed by atoms with van der Waals surface area (Å²) < 4.78 is 0. The largest absolute Gasteiger partial charge is 0.399 e. The highest BCUT2D eigenvalue weighted by Crippen LogP contribution is 2.40. The Morgan fingerprint density at radius 2 is 2.04 bits per heavy atom. The van der Waals surface area contributed by atoms with E-state index in [0.29, 0.717) is 23.2 Å². The van der Waals surface area contributed by atoms with E-state index in [1.165, 1.54) is 12.8 Å². The number of fused-ring (bicyclic) bond motifs is 1. The van der Waals surface area contributed by atoms with E-state index in [9.17, 15) is 4.79 Å². The summed E-state index contributed by atoms with van der Waals surface area (Å²) in [6.45, 7) is 2.06. The molecule has 0 unspecified atom stereocenters. The van der Waals surface area contributed by atoms with Crippen molar-refractivity contribution in [3.05, 3.63) is 24.5 Å².